The molecule has 1 N–H and O–H groups in total. The van der Waals surface area contributed by atoms with Gasteiger partial charge >= 0.3 is 5.97 Å². The van der Waals surface area contributed by atoms with Crippen LogP contribution in [-0.2, 0) is 14.3 Å². The zero-order valence-electron chi connectivity index (χ0n) is 26.1. The summed E-state index contributed by atoms with van der Waals surface area (Å²) in [5.74, 6) is -2.26. The standard InChI is InChI=1S/C38H32F2N2O5/c1-4-46-33(43)21-31-29-19-25(18-23(3)35(29)40)34-22(2)10-8-14-32(34)47-26-15-16-30(39)28(20-26)36(37(44)41-31)42-17-9-13-27(38(42)45)24-11-6-5-7-12-24/h5-20,31,36H,4,21H2,1-3H3,(H,41,44)/t31-,36-/m0/s1. The number of nitrogens with one attached hydrogen (secondary N) is 1. The number of esters is 1. The van der Waals surface area contributed by atoms with Crippen LogP contribution >= 0.6 is 0 Å². The lowest BCUT2D eigenvalue weighted by Gasteiger charge is -2.26. The van der Waals surface area contributed by atoms with E-state index in [4.69, 9.17) is 9.47 Å². The summed E-state index contributed by atoms with van der Waals surface area (Å²) in [5, 5.41) is 2.78. The molecule has 2 heterocycles. The van der Waals surface area contributed by atoms with Crippen LogP contribution in [0.25, 0.3) is 22.3 Å². The normalized spacial score (nSPS) is 15.6. The predicted octanol–water partition coefficient (Wildman–Crippen LogP) is 7.58. The number of halogens is 2. The molecule has 0 radical (unpaired) electrons. The van der Waals surface area contributed by atoms with Gasteiger partial charge in [0, 0.05) is 28.5 Å². The Labute approximate surface area is 270 Å². The van der Waals surface area contributed by atoms with Crippen molar-refractivity contribution in [2.75, 3.05) is 6.61 Å². The molecule has 2 atom stereocenters. The maximum atomic E-state index is 16.0. The average molecular weight is 635 g/mol. The van der Waals surface area contributed by atoms with Gasteiger partial charge in [-0.3, -0.25) is 19.0 Å². The maximum Gasteiger partial charge on any atom is 0.308 e. The van der Waals surface area contributed by atoms with Crippen LogP contribution in [0, 0.1) is 25.5 Å². The van der Waals surface area contributed by atoms with Gasteiger partial charge in [0.2, 0.25) is 5.91 Å². The van der Waals surface area contributed by atoms with E-state index in [0.717, 1.165) is 10.1 Å². The molecule has 1 aromatic heterocycles. The van der Waals surface area contributed by atoms with Gasteiger partial charge in [0.1, 0.15) is 29.2 Å². The molecule has 4 aromatic carbocycles. The Morgan fingerprint density at radius 1 is 0.872 bits per heavy atom. The van der Waals surface area contributed by atoms with Crippen LogP contribution in [0.3, 0.4) is 0 Å². The smallest absolute Gasteiger partial charge is 0.308 e. The van der Waals surface area contributed by atoms with Crippen LogP contribution in [0.1, 0.15) is 47.7 Å². The quantitative estimate of drug-likeness (QED) is 0.202. The van der Waals surface area contributed by atoms with Gasteiger partial charge < -0.3 is 14.8 Å². The number of carbonyl (C=O) groups is 2. The van der Waals surface area contributed by atoms with Crippen molar-refractivity contribution in [1.29, 1.82) is 0 Å². The minimum atomic E-state index is -1.57. The molecule has 0 aliphatic carbocycles. The molecule has 1 amide bonds. The number of benzene rings is 4. The molecular formula is C38H32F2N2O5. The van der Waals surface area contributed by atoms with Crippen molar-refractivity contribution in [1.82, 2.24) is 9.88 Å². The number of aryl methyl sites for hydroxylation is 2. The van der Waals surface area contributed by atoms with E-state index in [1.54, 1.807) is 74.5 Å². The molecule has 5 aromatic rings. The van der Waals surface area contributed by atoms with E-state index in [-0.39, 0.29) is 29.0 Å². The molecule has 1 aliphatic heterocycles. The molecule has 47 heavy (non-hydrogen) atoms. The van der Waals surface area contributed by atoms with Crippen LogP contribution in [0.4, 0.5) is 8.78 Å². The van der Waals surface area contributed by atoms with E-state index in [2.05, 4.69) is 5.32 Å². The van der Waals surface area contributed by atoms with Gasteiger partial charge in [0.05, 0.1) is 19.1 Å². The Balaban J connectivity index is 1.62. The van der Waals surface area contributed by atoms with E-state index in [1.165, 1.54) is 24.4 Å². The number of fused-ring (bicyclic) bond motifs is 6. The van der Waals surface area contributed by atoms with Crippen molar-refractivity contribution in [3.05, 3.63) is 141 Å². The lowest BCUT2D eigenvalue weighted by atomic mass is 9.92. The third-order valence-electron chi connectivity index (χ3n) is 8.25. The first-order chi connectivity index (χ1) is 22.7. The molecule has 0 unspecified atom stereocenters. The highest BCUT2D eigenvalue weighted by molar-refractivity contribution is 5.86. The van der Waals surface area contributed by atoms with Crippen molar-refractivity contribution >= 4 is 11.9 Å². The predicted molar refractivity (Wildman–Crippen MR) is 174 cm³/mol. The largest absolute Gasteiger partial charge is 0.466 e. The summed E-state index contributed by atoms with van der Waals surface area (Å²) in [6.07, 6.45) is 0.985. The Morgan fingerprint density at radius 3 is 2.43 bits per heavy atom. The summed E-state index contributed by atoms with van der Waals surface area (Å²) < 4.78 is 44.6. The summed E-state index contributed by atoms with van der Waals surface area (Å²) in [5.41, 5.74) is 2.58. The van der Waals surface area contributed by atoms with E-state index >= 15 is 8.78 Å². The number of carbonyl (C=O) groups excluding carboxylic acids is 2. The second-order valence-electron chi connectivity index (χ2n) is 11.4. The number of hydrogen-bond donors (Lipinski definition) is 1. The Hall–Kier alpha value is -5.57. The lowest BCUT2D eigenvalue weighted by molar-refractivity contribution is -0.143. The van der Waals surface area contributed by atoms with E-state index in [1.807, 2.05) is 19.1 Å². The molecule has 9 heteroatoms. The van der Waals surface area contributed by atoms with Crippen molar-refractivity contribution in [3.63, 3.8) is 0 Å². The van der Waals surface area contributed by atoms with Crippen LogP contribution in [0.15, 0.2) is 102 Å². The van der Waals surface area contributed by atoms with Gasteiger partial charge in [-0.25, -0.2) is 8.78 Å². The molecule has 238 valence electrons. The Kier molecular flexibility index (Phi) is 8.72. The van der Waals surface area contributed by atoms with E-state index in [9.17, 15) is 14.4 Å². The number of rotatable bonds is 5. The second kappa shape index (κ2) is 13.0. The van der Waals surface area contributed by atoms with E-state index < -0.39 is 47.6 Å². The minimum Gasteiger partial charge on any atom is -0.466 e. The fourth-order valence-corrected chi connectivity index (χ4v) is 6.06. The number of pyridine rings is 1. The zero-order chi connectivity index (χ0) is 33.2. The monoisotopic (exact) mass is 634 g/mol. The SMILES string of the molecule is CCOC(=O)C[C@@H]1NC(=O)[C@@H](n2cccc(-c3ccccc3)c2=O)c2cc(ccc2F)Oc2cccc(C)c2-c2cc(C)c(F)c1c2. The van der Waals surface area contributed by atoms with Gasteiger partial charge in [-0.1, -0.05) is 42.5 Å². The van der Waals surface area contributed by atoms with Gasteiger partial charge in [-0.15, -0.1) is 0 Å². The van der Waals surface area contributed by atoms with Gasteiger partial charge in [-0.05, 0) is 91.6 Å². The highest BCUT2D eigenvalue weighted by Gasteiger charge is 2.33. The van der Waals surface area contributed by atoms with Crippen molar-refractivity contribution < 1.29 is 27.8 Å². The van der Waals surface area contributed by atoms with E-state index in [0.29, 0.717) is 28.0 Å². The summed E-state index contributed by atoms with van der Waals surface area (Å²) in [7, 11) is 0. The fourth-order valence-electron chi connectivity index (χ4n) is 6.06. The van der Waals surface area contributed by atoms with Gasteiger partial charge in [0.15, 0.2) is 0 Å². The average Bonchev–Trinajstić information content (AvgIpc) is 3.05. The highest BCUT2D eigenvalue weighted by atomic mass is 19.1. The van der Waals surface area contributed by atoms with Crippen LogP contribution in [-0.4, -0.2) is 23.1 Å². The van der Waals surface area contributed by atoms with Crippen molar-refractivity contribution in [2.45, 2.75) is 39.3 Å². The highest BCUT2D eigenvalue weighted by Crippen LogP contribution is 2.40. The van der Waals surface area contributed by atoms with Crippen LogP contribution in [0.2, 0.25) is 0 Å². The number of amides is 1. The lowest BCUT2D eigenvalue weighted by Crippen LogP contribution is -2.41. The Morgan fingerprint density at radius 2 is 1.66 bits per heavy atom. The third kappa shape index (κ3) is 6.16. The summed E-state index contributed by atoms with van der Waals surface area (Å²) in [4.78, 5) is 41.3. The fraction of sp³-hybridized carbons (Fsp3) is 0.184. The first-order valence-electron chi connectivity index (χ1n) is 15.3. The first kappa shape index (κ1) is 31.4. The third-order valence-corrected chi connectivity index (χ3v) is 8.25. The molecule has 0 saturated carbocycles. The second-order valence-corrected chi connectivity index (χ2v) is 11.4. The maximum absolute atomic E-state index is 16.0. The Bertz CT molecular complexity index is 2060. The molecule has 1 aliphatic rings. The number of ether oxygens (including phenoxy) is 2. The number of aromatic nitrogens is 1. The topological polar surface area (TPSA) is 86.6 Å². The summed E-state index contributed by atoms with van der Waals surface area (Å²) >= 11 is 0. The molecule has 6 rings (SSSR count). The van der Waals surface area contributed by atoms with Crippen molar-refractivity contribution in [2.24, 2.45) is 0 Å². The van der Waals surface area contributed by atoms with Gasteiger partial charge in [-0.2, -0.15) is 0 Å². The minimum absolute atomic E-state index is 0.0335. The number of hydrogen-bond acceptors (Lipinski definition) is 5. The first-order valence-corrected chi connectivity index (χ1v) is 15.3. The molecule has 0 spiro atoms. The van der Waals surface area contributed by atoms with Gasteiger partial charge in [0.25, 0.3) is 5.56 Å². The van der Waals surface area contributed by atoms with Crippen LogP contribution < -0.4 is 15.6 Å². The molecular weight excluding hydrogens is 602 g/mol. The molecule has 4 bridgehead atoms. The summed E-state index contributed by atoms with van der Waals surface area (Å²) in [6.45, 7) is 5.20. The molecule has 0 saturated heterocycles. The molecule has 7 nitrogen and oxygen atoms in total. The van der Waals surface area contributed by atoms with Crippen molar-refractivity contribution in [3.8, 4) is 33.8 Å². The number of nitrogens with zero attached hydrogens (tertiary/aromatic N) is 1. The summed E-state index contributed by atoms with van der Waals surface area (Å²) in [6, 6.07) is 22.0. The molecule has 0 fully saturated rings. The zero-order valence-corrected chi connectivity index (χ0v) is 26.1. The van der Waals surface area contributed by atoms with Crippen LogP contribution in [0.5, 0.6) is 11.5 Å².